The Kier molecular flexibility index (Phi) is 4.74. The van der Waals surface area contributed by atoms with Gasteiger partial charge >= 0.3 is 0 Å². The topological polar surface area (TPSA) is 0 Å². The zero-order valence-electron chi connectivity index (χ0n) is 26.9. The van der Waals surface area contributed by atoms with E-state index in [1.807, 2.05) is 0 Å². The number of benzene rings is 9. The molecular weight excluding hydrogens is 589 g/mol. The van der Waals surface area contributed by atoms with Crippen LogP contribution in [0, 0.1) is 6.92 Å². The number of fused-ring (bicyclic) bond motifs is 10. The van der Waals surface area contributed by atoms with Gasteiger partial charge in [0.05, 0.1) is 0 Å². The standard InChI is InChI=1S/C49H28/c1-27-21-22-36-31(23-24-37-32-15-5-7-17-34(32)42(27)45(36)37)30-25-40-33-16-6-8-18-35(33)47-46(40)41(26-30)44(29-11-3-2-4-12-29)48-38-19-9-13-28-14-10-20-39(43(28)38)49(47)48/h2-26H,1H3. The van der Waals surface area contributed by atoms with Gasteiger partial charge in [0.2, 0.25) is 0 Å². The molecule has 0 spiro atoms. The molecule has 1 aliphatic rings. The molecule has 49 heavy (non-hydrogen) atoms. The molecule has 11 aromatic carbocycles. The van der Waals surface area contributed by atoms with Crippen molar-refractivity contribution in [1.82, 2.24) is 0 Å². The maximum atomic E-state index is 2.51. The highest BCUT2D eigenvalue weighted by Crippen LogP contribution is 2.55. The predicted octanol–water partition coefficient (Wildman–Crippen LogP) is 13.9. The first-order chi connectivity index (χ1) is 24.3. The fourth-order valence-corrected chi connectivity index (χ4v) is 9.70. The van der Waals surface area contributed by atoms with E-state index >= 15 is 0 Å². The molecule has 11 aromatic rings. The molecular formula is C49H28. The lowest BCUT2D eigenvalue weighted by atomic mass is 9.87. The molecule has 0 unspecified atom stereocenters. The van der Waals surface area contributed by atoms with Crippen LogP contribution in [-0.4, -0.2) is 0 Å². The summed E-state index contributed by atoms with van der Waals surface area (Å²) >= 11 is 0. The highest BCUT2D eigenvalue weighted by atomic mass is 14.3. The third kappa shape index (κ3) is 3.11. The van der Waals surface area contributed by atoms with Gasteiger partial charge in [-0.05, 0) is 145 Å². The monoisotopic (exact) mass is 616 g/mol. The molecule has 0 bridgehead atoms. The van der Waals surface area contributed by atoms with Crippen LogP contribution in [-0.2, 0) is 0 Å². The van der Waals surface area contributed by atoms with Gasteiger partial charge in [-0.3, -0.25) is 0 Å². The zero-order valence-corrected chi connectivity index (χ0v) is 26.9. The second-order valence-corrected chi connectivity index (χ2v) is 14.0. The molecule has 1 aliphatic carbocycles. The van der Waals surface area contributed by atoms with Gasteiger partial charge in [0.25, 0.3) is 0 Å². The molecule has 0 saturated carbocycles. The second kappa shape index (κ2) is 9.01. The van der Waals surface area contributed by atoms with Crippen molar-refractivity contribution >= 4 is 75.4 Å². The van der Waals surface area contributed by atoms with Crippen LogP contribution in [0.3, 0.4) is 0 Å². The minimum absolute atomic E-state index is 1.26. The molecule has 12 rings (SSSR count). The molecule has 224 valence electrons. The van der Waals surface area contributed by atoms with Crippen LogP contribution < -0.4 is 0 Å². The first-order valence-electron chi connectivity index (χ1n) is 17.3. The first kappa shape index (κ1) is 25.8. The highest BCUT2D eigenvalue weighted by Gasteiger charge is 2.27. The molecule has 0 amide bonds. The van der Waals surface area contributed by atoms with Crippen LogP contribution in [0.1, 0.15) is 5.56 Å². The molecule has 0 aromatic heterocycles. The Morgan fingerprint density at radius 1 is 0.286 bits per heavy atom. The van der Waals surface area contributed by atoms with Crippen molar-refractivity contribution in [3.8, 4) is 44.5 Å². The third-order valence-corrected chi connectivity index (χ3v) is 11.6. The highest BCUT2D eigenvalue weighted by molar-refractivity contribution is 6.48. The van der Waals surface area contributed by atoms with Gasteiger partial charge in [-0.25, -0.2) is 0 Å². The lowest BCUT2D eigenvalue weighted by molar-refractivity contribution is 1.51. The SMILES string of the molecule is Cc1ccc2c(-c3cc4c(-c5ccccc5)c5c6cccc7cccc(c76)c5c5c6ccccc6c(c3)c45)ccc3c2c1-c1ccccc1-3. The Morgan fingerprint density at radius 3 is 1.78 bits per heavy atom. The predicted molar refractivity (Wildman–Crippen MR) is 211 cm³/mol. The summed E-state index contributed by atoms with van der Waals surface area (Å²) in [6, 6.07) is 57.2. The summed E-state index contributed by atoms with van der Waals surface area (Å²) in [6.45, 7) is 2.26. The van der Waals surface area contributed by atoms with Gasteiger partial charge in [-0.15, -0.1) is 0 Å². The quantitative estimate of drug-likeness (QED) is 0.181. The summed E-state index contributed by atoms with van der Waals surface area (Å²) in [5, 5.41) is 18.9. The van der Waals surface area contributed by atoms with E-state index in [9.17, 15) is 0 Å². The van der Waals surface area contributed by atoms with E-state index in [0.717, 1.165) is 0 Å². The molecule has 0 atom stereocenters. The van der Waals surface area contributed by atoms with Gasteiger partial charge in [-0.1, -0.05) is 140 Å². The molecule has 0 nitrogen and oxygen atoms in total. The maximum absolute atomic E-state index is 2.51. The summed E-state index contributed by atoms with van der Waals surface area (Å²) in [5.74, 6) is 0. The Hall–Kier alpha value is -6.24. The van der Waals surface area contributed by atoms with Gasteiger partial charge < -0.3 is 0 Å². The van der Waals surface area contributed by atoms with Crippen molar-refractivity contribution in [2.75, 3.05) is 0 Å². The van der Waals surface area contributed by atoms with Crippen LogP contribution >= 0.6 is 0 Å². The molecule has 0 heteroatoms. The smallest absolute Gasteiger partial charge is 0.000697 e. The van der Waals surface area contributed by atoms with Crippen LogP contribution in [0.2, 0.25) is 0 Å². The van der Waals surface area contributed by atoms with Crippen molar-refractivity contribution in [3.05, 3.63) is 157 Å². The van der Waals surface area contributed by atoms with E-state index in [4.69, 9.17) is 0 Å². The molecule has 0 radical (unpaired) electrons. The normalized spacial score (nSPS) is 12.6. The van der Waals surface area contributed by atoms with Crippen LogP contribution in [0.15, 0.2) is 152 Å². The minimum Gasteiger partial charge on any atom is -0.0622 e. The maximum Gasteiger partial charge on any atom is -0.000697 e. The first-order valence-corrected chi connectivity index (χ1v) is 17.3. The Labute approximate surface area is 283 Å². The third-order valence-electron chi connectivity index (χ3n) is 11.6. The number of rotatable bonds is 2. The van der Waals surface area contributed by atoms with E-state index < -0.39 is 0 Å². The minimum atomic E-state index is 1.26. The second-order valence-electron chi connectivity index (χ2n) is 14.0. The van der Waals surface area contributed by atoms with E-state index in [1.165, 1.54) is 125 Å². The molecule has 0 heterocycles. The van der Waals surface area contributed by atoms with E-state index in [-0.39, 0.29) is 0 Å². The van der Waals surface area contributed by atoms with Crippen molar-refractivity contribution in [2.24, 2.45) is 0 Å². The van der Waals surface area contributed by atoms with E-state index in [1.54, 1.807) is 0 Å². The molecule has 0 fully saturated rings. The Morgan fingerprint density at radius 2 is 0.939 bits per heavy atom. The summed E-state index contributed by atoms with van der Waals surface area (Å²) < 4.78 is 0. The average molecular weight is 617 g/mol. The molecule has 0 N–H and O–H groups in total. The number of hydrogen-bond acceptors (Lipinski definition) is 0. The Balaban J connectivity index is 1.32. The van der Waals surface area contributed by atoms with Crippen molar-refractivity contribution < 1.29 is 0 Å². The molecule has 0 aliphatic heterocycles. The molecule has 0 saturated heterocycles. The van der Waals surface area contributed by atoms with E-state index in [0.29, 0.717) is 0 Å². The van der Waals surface area contributed by atoms with Gasteiger partial charge in [0, 0.05) is 0 Å². The van der Waals surface area contributed by atoms with Crippen LogP contribution in [0.4, 0.5) is 0 Å². The van der Waals surface area contributed by atoms with Crippen LogP contribution in [0.25, 0.3) is 120 Å². The zero-order chi connectivity index (χ0) is 32.0. The lowest BCUT2D eigenvalue weighted by Crippen LogP contribution is -1.89. The number of hydrogen-bond donors (Lipinski definition) is 0. The fraction of sp³-hybridized carbons (Fsp3) is 0.0204. The number of aryl methyl sites for hydroxylation is 1. The average Bonchev–Trinajstić information content (AvgIpc) is 3.79. The summed E-state index contributed by atoms with van der Waals surface area (Å²) in [5.41, 5.74) is 11.9. The largest absolute Gasteiger partial charge is 0.0622 e. The summed E-state index contributed by atoms with van der Waals surface area (Å²) in [7, 11) is 0. The van der Waals surface area contributed by atoms with Crippen molar-refractivity contribution in [3.63, 3.8) is 0 Å². The van der Waals surface area contributed by atoms with Crippen molar-refractivity contribution in [2.45, 2.75) is 6.92 Å². The van der Waals surface area contributed by atoms with Crippen molar-refractivity contribution in [1.29, 1.82) is 0 Å². The van der Waals surface area contributed by atoms with Gasteiger partial charge in [0.15, 0.2) is 0 Å². The fourth-order valence-electron chi connectivity index (χ4n) is 9.70. The van der Waals surface area contributed by atoms with Gasteiger partial charge in [0.1, 0.15) is 0 Å². The van der Waals surface area contributed by atoms with Gasteiger partial charge in [-0.2, -0.15) is 0 Å². The Bertz CT molecular complexity index is 3190. The summed E-state index contributed by atoms with van der Waals surface area (Å²) in [6.07, 6.45) is 0. The van der Waals surface area contributed by atoms with E-state index in [2.05, 4.69) is 159 Å². The lowest BCUT2D eigenvalue weighted by Gasteiger charge is -2.16. The van der Waals surface area contributed by atoms with Crippen LogP contribution in [0.5, 0.6) is 0 Å². The summed E-state index contributed by atoms with van der Waals surface area (Å²) in [4.78, 5) is 0.